The van der Waals surface area contributed by atoms with E-state index in [-0.39, 0.29) is 23.0 Å². The lowest BCUT2D eigenvalue weighted by Gasteiger charge is -2.10. The average Bonchev–Trinajstić information content (AvgIpc) is 2.86. The zero-order valence-electron chi connectivity index (χ0n) is 18.8. The summed E-state index contributed by atoms with van der Waals surface area (Å²) in [5.41, 5.74) is 5.67. The van der Waals surface area contributed by atoms with Gasteiger partial charge in [-0.15, -0.1) is 0 Å². The summed E-state index contributed by atoms with van der Waals surface area (Å²) in [5, 5.41) is 10.5. The van der Waals surface area contributed by atoms with E-state index < -0.39 is 5.91 Å². The maximum Gasteiger partial charge on any atom is 0.292 e. The normalized spacial score (nSPS) is 11.4. The van der Waals surface area contributed by atoms with Gasteiger partial charge in [-0.05, 0) is 36.2 Å². The number of aryl methyl sites for hydroxylation is 1. The third kappa shape index (κ3) is 4.67. The first-order valence-corrected chi connectivity index (χ1v) is 11.3. The zero-order valence-corrected chi connectivity index (χ0v) is 19.5. The van der Waals surface area contributed by atoms with Gasteiger partial charge in [-0.2, -0.15) is 10.2 Å². The summed E-state index contributed by atoms with van der Waals surface area (Å²) in [6.45, 7) is 2.23. The molecule has 1 amide bonds. The van der Waals surface area contributed by atoms with Crippen LogP contribution in [0.4, 0.5) is 0 Å². The van der Waals surface area contributed by atoms with Gasteiger partial charge in [-0.3, -0.25) is 9.59 Å². The van der Waals surface area contributed by atoms with E-state index >= 15 is 0 Å². The molecule has 0 fully saturated rings. The number of hydrogen-bond donors (Lipinski definition) is 1. The van der Waals surface area contributed by atoms with E-state index in [1.807, 2.05) is 61.5 Å². The summed E-state index contributed by atoms with van der Waals surface area (Å²) in [7, 11) is 0. The number of nitrogens with one attached hydrogen (secondary N) is 1. The van der Waals surface area contributed by atoms with E-state index in [9.17, 15) is 9.59 Å². The smallest absolute Gasteiger partial charge is 0.267 e. The third-order valence-corrected chi connectivity index (χ3v) is 5.88. The fourth-order valence-electron chi connectivity index (χ4n) is 3.84. The summed E-state index contributed by atoms with van der Waals surface area (Å²) in [4.78, 5) is 30.4. The minimum atomic E-state index is -0.542. The van der Waals surface area contributed by atoms with Crippen molar-refractivity contribution < 1.29 is 4.79 Å². The number of fused-ring (bicyclic) bond motifs is 2. The van der Waals surface area contributed by atoms with E-state index in [0.717, 1.165) is 22.0 Å². The average molecular weight is 482 g/mol. The monoisotopic (exact) mass is 481 g/mol. The van der Waals surface area contributed by atoms with Crippen LogP contribution in [0.1, 0.15) is 27.2 Å². The van der Waals surface area contributed by atoms with Crippen molar-refractivity contribution in [2.75, 3.05) is 0 Å². The molecule has 5 aromatic rings. The van der Waals surface area contributed by atoms with Gasteiger partial charge in [-0.1, -0.05) is 72.3 Å². The van der Waals surface area contributed by atoms with E-state index in [1.165, 1.54) is 10.9 Å². The lowest BCUT2D eigenvalue weighted by Crippen LogP contribution is -2.29. The molecule has 0 bridgehead atoms. The Labute approximate surface area is 205 Å². The number of halogens is 1. The molecule has 1 N–H and O–H groups in total. The number of hydrogen-bond acceptors (Lipinski definition) is 5. The topological polar surface area (TPSA) is 89.2 Å². The molecule has 2 heterocycles. The van der Waals surface area contributed by atoms with Crippen molar-refractivity contribution in [2.45, 2.75) is 13.5 Å². The molecule has 172 valence electrons. The summed E-state index contributed by atoms with van der Waals surface area (Å²) < 4.78 is 1.29. The van der Waals surface area contributed by atoms with Crippen molar-refractivity contribution in [2.24, 2.45) is 5.10 Å². The van der Waals surface area contributed by atoms with Gasteiger partial charge in [0.15, 0.2) is 5.69 Å². The molecular formula is C27H20ClN5O2. The molecule has 0 spiro atoms. The molecule has 0 saturated carbocycles. The van der Waals surface area contributed by atoms with Crippen molar-refractivity contribution in [3.8, 4) is 0 Å². The van der Waals surface area contributed by atoms with Gasteiger partial charge in [0.2, 0.25) is 0 Å². The van der Waals surface area contributed by atoms with Crippen molar-refractivity contribution >= 4 is 45.4 Å². The van der Waals surface area contributed by atoms with Crippen LogP contribution in [0.25, 0.3) is 21.7 Å². The standard InChI is InChI=1S/C27H20ClN5O2/c1-17-11-12-19-14-20(25(28)30-23(19)13-17)15-29-31-26(34)24-21-9-5-6-10-22(21)27(35)33(32-24)16-18-7-3-2-4-8-18/h2-15H,16H2,1H3,(H,31,34)/b29-15+. The van der Waals surface area contributed by atoms with E-state index in [4.69, 9.17) is 11.6 Å². The first-order valence-electron chi connectivity index (χ1n) is 10.9. The summed E-state index contributed by atoms with van der Waals surface area (Å²) in [5.74, 6) is -0.542. The van der Waals surface area contributed by atoms with Gasteiger partial charge in [0.1, 0.15) is 5.15 Å². The molecular weight excluding hydrogens is 462 g/mol. The fraction of sp³-hybridized carbons (Fsp3) is 0.0741. The van der Waals surface area contributed by atoms with Crippen LogP contribution >= 0.6 is 11.6 Å². The molecule has 0 aliphatic heterocycles. The lowest BCUT2D eigenvalue weighted by atomic mass is 10.1. The first kappa shape index (κ1) is 22.4. The Morgan fingerprint density at radius 1 is 1.03 bits per heavy atom. The molecule has 0 aliphatic carbocycles. The van der Waals surface area contributed by atoms with E-state index in [1.54, 1.807) is 24.3 Å². The quantitative estimate of drug-likeness (QED) is 0.223. The molecule has 0 saturated heterocycles. The molecule has 7 nitrogen and oxygen atoms in total. The summed E-state index contributed by atoms with van der Waals surface area (Å²) >= 11 is 6.32. The van der Waals surface area contributed by atoms with Gasteiger partial charge in [0, 0.05) is 16.3 Å². The van der Waals surface area contributed by atoms with Gasteiger partial charge in [-0.25, -0.2) is 15.1 Å². The van der Waals surface area contributed by atoms with Crippen molar-refractivity contribution in [1.82, 2.24) is 20.2 Å². The molecule has 0 unspecified atom stereocenters. The Balaban J connectivity index is 1.46. The van der Waals surface area contributed by atoms with Crippen LogP contribution in [-0.4, -0.2) is 26.9 Å². The zero-order chi connectivity index (χ0) is 24.4. The predicted octanol–water partition coefficient (Wildman–Crippen LogP) is 4.72. The number of aromatic nitrogens is 3. The maximum absolute atomic E-state index is 13.0. The number of rotatable bonds is 5. The van der Waals surface area contributed by atoms with Gasteiger partial charge in [0.25, 0.3) is 11.5 Å². The predicted molar refractivity (Wildman–Crippen MR) is 138 cm³/mol. The Bertz CT molecular complexity index is 1660. The van der Waals surface area contributed by atoms with Crippen LogP contribution in [0.3, 0.4) is 0 Å². The van der Waals surface area contributed by atoms with Crippen molar-refractivity contribution in [3.63, 3.8) is 0 Å². The molecule has 35 heavy (non-hydrogen) atoms. The molecule has 0 aliphatic rings. The minimum absolute atomic E-state index is 0.103. The van der Waals surface area contributed by atoms with Crippen LogP contribution in [0.2, 0.25) is 5.15 Å². The fourth-order valence-corrected chi connectivity index (χ4v) is 4.03. The molecule has 5 rings (SSSR count). The highest BCUT2D eigenvalue weighted by molar-refractivity contribution is 6.32. The third-order valence-electron chi connectivity index (χ3n) is 5.58. The van der Waals surface area contributed by atoms with Crippen LogP contribution in [0.15, 0.2) is 88.8 Å². The number of nitrogens with zero attached hydrogens (tertiary/aromatic N) is 4. The Morgan fingerprint density at radius 3 is 2.57 bits per heavy atom. The minimum Gasteiger partial charge on any atom is -0.267 e. The van der Waals surface area contributed by atoms with Crippen molar-refractivity contribution in [3.05, 3.63) is 117 Å². The molecule has 0 radical (unpaired) electrons. The molecule has 0 atom stereocenters. The molecule has 2 aromatic heterocycles. The van der Waals surface area contributed by atoms with E-state index in [0.29, 0.717) is 16.3 Å². The van der Waals surface area contributed by atoms with Crippen LogP contribution < -0.4 is 11.0 Å². The van der Waals surface area contributed by atoms with E-state index in [2.05, 4.69) is 20.6 Å². The SMILES string of the molecule is Cc1ccc2cc(/C=N/NC(=O)c3nn(Cc4ccccc4)c(=O)c4ccccc34)c(Cl)nc2c1. The molecule has 3 aromatic carbocycles. The lowest BCUT2D eigenvalue weighted by molar-refractivity contribution is 0.0949. The highest BCUT2D eigenvalue weighted by Gasteiger charge is 2.16. The highest BCUT2D eigenvalue weighted by atomic mass is 35.5. The number of amides is 1. The number of hydrazone groups is 1. The summed E-state index contributed by atoms with van der Waals surface area (Å²) in [6.07, 6.45) is 1.44. The number of carbonyl (C=O) groups is 1. The van der Waals surface area contributed by atoms with Crippen LogP contribution in [0.5, 0.6) is 0 Å². The van der Waals surface area contributed by atoms with Crippen LogP contribution in [0, 0.1) is 6.92 Å². The summed E-state index contributed by atoms with van der Waals surface area (Å²) in [6, 6.07) is 24.1. The number of benzene rings is 3. The largest absolute Gasteiger partial charge is 0.292 e. The first-order chi connectivity index (χ1) is 17.0. The molecule has 8 heteroatoms. The van der Waals surface area contributed by atoms with Gasteiger partial charge >= 0.3 is 0 Å². The number of carbonyl (C=O) groups excluding carboxylic acids is 1. The maximum atomic E-state index is 13.0. The second-order valence-corrected chi connectivity index (χ2v) is 8.46. The number of pyridine rings is 1. The second kappa shape index (κ2) is 9.48. The van der Waals surface area contributed by atoms with Crippen LogP contribution in [-0.2, 0) is 6.54 Å². The van der Waals surface area contributed by atoms with Crippen molar-refractivity contribution in [1.29, 1.82) is 0 Å². The Morgan fingerprint density at radius 2 is 1.77 bits per heavy atom. The highest BCUT2D eigenvalue weighted by Crippen LogP contribution is 2.20. The Kier molecular flexibility index (Phi) is 6.08. The van der Waals surface area contributed by atoms with Gasteiger partial charge in [0.05, 0.1) is 23.7 Å². The Hall–Kier alpha value is -4.36. The van der Waals surface area contributed by atoms with Gasteiger partial charge < -0.3 is 0 Å². The second-order valence-electron chi connectivity index (χ2n) is 8.11.